The number of hydrogen-bond acceptors (Lipinski definition) is 4. The zero-order valence-corrected chi connectivity index (χ0v) is 16.3. The first-order chi connectivity index (χ1) is 14.7. The smallest absolute Gasteiger partial charge is 0.340 e. The number of ether oxygens (including phenoxy) is 2. The zero-order valence-electron chi connectivity index (χ0n) is 16.3. The Labute approximate surface area is 173 Å². The summed E-state index contributed by atoms with van der Waals surface area (Å²) >= 11 is 0. The van der Waals surface area contributed by atoms with E-state index in [1.165, 1.54) is 10.0 Å². The molecule has 0 spiro atoms. The molecule has 1 fully saturated rings. The number of anilines is 1. The normalized spacial score (nSPS) is 14.9. The summed E-state index contributed by atoms with van der Waals surface area (Å²) in [6.07, 6.45) is 0.935. The minimum absolute atomic E-state index is 0.126. The van der Waals surface area contributed by atoms with Crippen molar-refractivity contribution in [2.45, 2.75) is 12.8 Å². The quantitative estimate of drug-likeness (QED) is 0.722. The molecular formula is C23H21N3O4. The number of nitrogens with one attached hydrogen (secondary N) is 1. The van der Waals surface area contributed by atoms with E-state index in [9.17, 15) is 9.59 Å². The van der Waals surface area contributed by atoms with E-state index >= 15 is 0 Å². The van der Waals surface area contributed by atoms with Gasteiger partial charge in [0.1, 0.15) is 0 Å². The lowest BCUT2D eigenvalue weighted by atomic mass is 10.1. The summed E-state index contributed by atoms with van der Waals surface area (Å²) in [6, 6.07) is 18.8. The van der Waals surface area contributed by atoms with E-state index in [0.29, 0.717) is 24.6 Å². The van der Waals surface area contributed by atoms with Gasteiger partial charge in [-0.15, -0.1) is 0 Å². The lowest BCUT2D eigenvalue weighted by Crippen LogP contribution is -2.47. The first-order valence-corrected chi connectivity index (χ1v) is 9.94. The fourth-order valence-electron chi connectivity index (χ4n) is 3.91. The van der Waals surface area contributed by atoms with Crippen molar-refractivity contribution in [3.8, 4) is 11.5 Å². The molecular weight excluding hydrogens is 382 g/mol. The van der Waals surface area contributed by atoms with Gasteiger partial charge >= 0.3 is 6.03 Å². The molecule has 3 amide bonds. The summed E-state index contributed by atoms with van der Waals surface area (Å²) in [5.41, 5.74) is 1.55. The Kier molecular flexibility index (Phi) is 4.63. The Bertz CT molecular complexity index is 1130. The second kappa shape index (κ2) is 7.59. The third-order valence-corrected chi connectivity index (χ3v) is 5.38. The molecule has 1 saturated heterocycles. The fraction of sp³-hybridized carbons (Fsp3) is 0.217. The highest BCUT2D eigenvalue weighted by atomic mass is 16.7. The van der Waals surface area contributed by atoms with Gasteiger partial charge in [-0.05, 0) is 35.6 Å². The topological polar surface area (TPSA) is 71.1 Å². The number of carbonyl (C=O) groups is 2. The van der Waals surface area contributed by atoms with Gasteiger partial charge in [0.15, 0.2) is 11.5 Å². The van der Waals surface area contributed by atoms with Crippen molar-refractivity contribution in [3.05, 3.63) is 66.2 Å². The number of benzene rings is 3. The second-order valence-corrected chi connectivity index (χ2v) is 7.31. The van der Waals surface area contributed by atoms with Crippen LogP contribution in [0.4, 0.5) is 10.5 Å². The van der Waals surface area contributed by atoms with E-state index < -0.39 is 0 Å². The van der Waals surface area contributed by atoms with Crippen molar-refractivity contribution in [1.82, 2.24) is 10.0 Å². The summed E-state index contributed by atoms with van der Waals surface area (Å²) < 4.78 is 10.7. The molecule has 5 rings (SSSR count). The van der Waals surface area contributed by atoms with Gasteiger partial charge in [0.25, 0.3) is 0 Å². The molecule has 0 bridgehead atoms. The maximum absolute atomic E-state index is 13.0. The van der Waals surface area contributed by atoms with Crippen molar-refractivity contribution < 1.29 is 19.1 Å². The van der Waals surface area contributed by atoms with Gasteiger partial charge in [0.2, 0.25) is 12.7 Å². The Hall–Kier alpha value is -3.74. The average Bonchev–Trinajstić information content (AvgIpc) is 3.43. The van der Waals surface area contributed by atoms with Crippen LogP contribution in [0.2, 0.25) is 0 Å². The molecule has 0 atom stereocenters. The number of rotatable bonds is 3. The predicted octanol–water partition coefficient (Wildman–Crippen LogP) is 3.79. The first-order valence-electron chi connectivity index (χ1n) is 9.94. The monoisotopic (exact) mass is 403 g/mol. The number of nitrogens with zero attached hydrogens (tertiary/aromatic N) is 2. The van der Waals surface area contributed by atoms with Crippen LogP contribution >= 0.6 is 0 Å². The lowest BCUT2D eigenvalue weighted by Gasteiger charge is -2.28. The van der Waals surface area contributed by atoms with Crippen LogP contribution in [-0.2, 0) is 11.2 Å². The molecule has 2 heterocycles. The molecule has 7 heteroatoms. The minimum Gasteiger partial charge on any atom is -0.454 e. The van der Waals surface area contributed by atoms with Crippen molar-refractivity contribution in [2.75, 3.05) is 25.2 Å². The Balaban J connectivity index is 1.30. The van der Waals surface area contributed by atoms with Crippen molar-refractivity contribution >= 4 is 28.4 Å². The molecule has 2 aliphatic heterocycles. The molecule has 2 aliphatic rings. The standard InChI is InChI=1S/C23H21N3O4/c27-22(14-16-9-10-20-21(13-16)30-15-29-20)25-11-4-12-26(25)23(28)24-19-8-3-6-17-5-1-2-7-18(17)19/h1-3,5-10,13H,4,11-12,14-15H2,(H,24,28). The molecule has 0 aliphatic carbocycles. The molecule has 0 radical (unpaired) electrons. The molecule has 3 aromatic rings. The highest BCUT2D eigenvalue weighted by Crippen LogP contribution is 2.33. The van der Waals surface area contributed by atoms with Crippen LogP contribution in [0.15, 0.2) is 60.7 Å². The largest absolute Gasteiger partial charge is 0.454 e. The molecule has 0 aromatic heterocycles. The Morgan fingerprint density at radius 1 is 0.900 bits per heavy atom. The van der Waals surface area contributed by atoms with Crippen LogP contribution in [0.5, 0.6) is 11.5 Å². The van der Waals surface area contributed by atoms with E-state index in [1.807, 2.05) is 54.6 Å². The van der Waals surface area contributed by atoms with Crippen LogP contribution < -0.4 is 14.8 Å². The van der Waals surface area contributed by atoms with Gasteiger partial charge in [-0.3, -0.25) is 4.79 Å². The third-order valence-electron chi connectivity index (χ3n) is 5.38. The number of hydrazine groups is 1. The molecule has 152 valence electrons. The van der Waals surface area contributed by atoms with Crippen LogP contribution in [0.25, 0.3) is 10.8 Å². The summed E-state index contributed by atoms with van der Waals surface area (Å²) in [4.78, 5) is 25.9. The van der Waals surface area contributed by atoms with Crippen molar-refractivity contribution in [3.63, 3.8) is 0 Å². The summed E-state index contributed by atoms with van der Waals surface area (Å²) in [6.45, 7) is 1.22. The Morgan fingerprint density at radius 2 is 1.70 bits per heavy atom. The number of carbonyl (C=O) groups excluding carboxylic acids is 2. The number of fused-ring (bicyclic) bond motifs is 2. The van der Waals surface area contributed by atoms with Gasteiger partial charge in [-0.1, -0.05) is 42.5 Å². The van der Waals surface area contributed by atoms with Gasteiger partial charge in [0.05, 0.1) is 12.1 Å². The number of amides is 3. The van der Waals surface area contributed by atoms with E-state index in [-0.39, 0.29) is 25.2 Å². The van der Waals surface area contributed by atoms with E-state index in [2.05, 4.69) is 5.32 Å². The predicted molar refractivity (Wildman–Crippen MR) is 112 cm³/mol. The van der Waals surface area contributed by atoms with Gasteiger partial charge in [0, 0.05) is 18.5 Å². The highest BCUT2D eigenvalue weighted by molar-refractivity contribution is 6.02. The molecule has 0 unspecified atom stereocenters. The fourth-order valence-corrected chi connectivity index (χ4v) is 3.91. The van der Waals surface area contributed by atoms with Gasteiger partial charge in [-0.2, -0.15) is 0 Å². The van der Waals surface area contributed by atoms with Crippen LogP contribution in [0.3, 0.4) is 0 Å². The summed E-state index contributed by atoms with van der Waals surface area (Å²) in [7, 11) is 0. The second-order valence-electron chi connectivity index (χ2n) is 7.31. The maximum Gasteiger partial charge on any atom is 0.340 e. The molecule has 7 nitrogen and oxygen atoms in total. The summed E-state index contributed by atoms with van der Waals surface area (Å²) in [5.74, 6) is 1.20. The summed E-state index contributed by atoms with van der Waals surface area (Å²) in [5, 5.41) is 8.01. The SMILES string of the molecule is O=C(Cc1ccc2c(c1)OCO2)N1CCCN1C(=O)Nc1cccc2ccccc12. The molecule has 3 aromatic carbocycles. The van der Waals surface area contributed by atoms with Crippen molar-refractivity contribution in [1.29, 1.82) is 0 Å². The van der Waals surface area contributed by atoms with Crippen LogP contribution in [-0.4, -0.2) is 41.8 Å². The highest BCUT2D eigenvalue weighted by Gasteiger charge is 2.31. The number of hydrogen-bond donors (Lipinski definition) is 1. The first kappa shape index (κ1) is 18.3. The van der Waals surface area contributed by atoms with E-state index in [4.69, 9.17) is 9.47 Å². The third kappa shape index (κ3) is 3.39. The zero-order chi connectivity index (χ0) is 20.5. The van der Waals surface area contributed by atoms with Crippen LogP contribution in [0.1, 0.15) is 12.0 Å². The van der Waals surface area contributed by atoms with E-state index in [1.54, 1.807) is 6.07 Å². The molecule has 1 N–H and O–H groups in total. The van der Waals surface area contributed by atoms with Crippen molar-refractivity contribution in [2.24, 2.45) is 0 Å². The lowest BCUT2D eigenvalue weighted by molar-refractivity contribution is -0.139. The van der Waals surface area contributed by atoms with Gasteiger partial charge < -0.3 is 14.8 Å². The molecule has 0 saturated carbocycles. The average molecular weight is 403 g/mol. The van der Waals surface area contributed by atoms with Crippen LogP contribution in [0, 0.1) is 0 Å². The minimum atomic E-state index is -0.303. The van der Waals surface area contributed by atoms with E-state index in [0.717, 1.165) is 28.4 Å². The van der Waals surface area contributed by atoms with Gasteiger partial charge in [-0.25, -0.2) is 14.8 Å². The maximum atomic E-state index is 13.0. The Morgan fingerprint density at radius 3 is 2.63 bits per heavy atom. The number of urea groups is 1. The molecule has 30 heavy (non-hydrogen) atoms.